The van der Waals surface area contributed by atoms with Crippen LogP contribution in [0.4, 0.5) is 0 Å². The number of hydrogen-bond donors (Lipinski definition) is 1. The Hall–Kier alpha value is -2.95. The average molecular weight is 321 g/mol. The van der Waals surface area contributed by atoms with Gasteiger partial charge in [-0.15, -0.1) is 0 Å². The largest absolute Gasteiger partial charge is 0.348 e. The summed E-state index contributed by atoms with van der Waals surface area (Å²) in [6.07, 6.45) is 4.81. The quantitative estimate of drug-likeness (QED) is 0.803. The van der Waals surface area contributed by atoms with Crippen LogP contribution in [0.2, 0.25) is 0 Å². The summed E-state index contributed by atoms with van der Waals surface area (Å²) in [6.45, 7) is 3.93. The first-order valence-corrected chi connectivity index (χ1v) is 7.83. The van der Waals surface area contributed by atoms with Gasteiger partial charge in [0.2, 0.25) is 5.91 Å². The Morgan fingerprint density at radius 2 is 1.96 bits per heavy atom. The third-order valence-corrected chi connectivity index (χ3v) is 4.05. The standard InChI is InChI=1S/C19H19N3O2/c1-13-3-5-15(6-4-13)14(2)21-18(23)12-22-10-8-16-7-9-20-11-17(16)19(22)24/h3-11,14H,12H2,1-2H3,(H,21,23)/t14-/m0/s1. The second-order valence-electron chi connectivity index (χ2n) is 5.91. The number of pyridine rings is 2. The molecule has 0 radical (unpaired) electrons. The zero-order chi connectivity index (χ0) is 17.1. The van der Waals surface area contributed by atoms with Gasteiger partial charge in [0.1, 0.15) is 6.54 Å². The van der Waals surface area contributed by atoms with Gasteiger partial charge in [-0.2, -0.15) is 0 Å². The smallest absolute Gasteiger partial charge is 0.260 e. The monoisotopic (exact) mass is 321 g/mol. The lowest BCUT2D eigenvalue weighted by Crippen LogP contribution is -2.33. The number of nitrogens with zero attached hydrogens (tertiary/aromatic N) is 2. The molecule has 0 bridgehead atoms. The molecule has 5 nitrogen and oxygen atoms in total. The van der Waals surface area contributed by atoms with Crippen molar-refractivity contribution in [3.63, 3.8) is 0 Å². The molecule has 0 aliphatic carbocycles. The molecular formula is C19H19N3O2. The van der Waals surface area contributed by atoms with Crippen LogP contribution in [0.25, 0.3) is 10.8 Å². The molecule has 2 aromatic heterocycles. The van der Waals surface area contributed by atoms with E-state index in [0.717, 1.165) is 10.9 Å². The molecule has 0 spiro atoms. The first-order valence-electron chi connectivity index (χ1n) is 7.83. The van der Waals surface area contributed by atoms with E-state index in [9.17, 15) is 9.59 Å². The van der Waals surface area contributed by atoms with E-state index in [1.54, 1.807) is 18.5 Å². The number of amides is 1. The SMILES string of the molecule is Cc1ccc([C@H](C)NC(=O)Cn2ccc3ccncc3c2=O)cc1. The molecular weight excluding hydrogens is 302 g/mol. The van der Waals surface area contributed by atoms with E-state index in [1.165, 1.54) is 16.3 Å². The molecule has 5 heteroatoms. The van der Waals surface area contributed by atoms with E-state index in [1.807, 2.05) is 44.2 Å². The fraction of sp³-hybridized carbons (Fsp3) is 0.211. The minimum atomic E-state index is -0.210. The number of rotatable bonds is 4. The minimum Gasteiger partial charge on any atom is -0.348 e. The van der Waals surface area contributed by atoms with E-state index in [4.69, 9.17) is 0 Å². The molecule has 0 fully saturated rings. The lowest BCUT2D eigenvalue weighted by molar-refractivity contribution is -0.122. The van der Waals surface area contributed by atoms with Crippen molar-refractivity contribution in [2.24, 2.45) is 0 Å². The molecule has 0 saturated carbocycles. The zero-order valence-corrected chi connectivity index (χ0v) is 13.7. The molecule has 1 amide bonds. The van der Waals surface area contributed by atoms with Gasteiger partial charge in [-0.3, -0.25) is 14.6 Å². The van der Waals surface area contributed by atoms with E-state index in [2.05, 4.69) is 10.3 Å². The van der Waals surface area contributed by atoms with Gasteiger partial charge in [0.15, 0.2) is 0 Å². The van der Waals surface area contributed by atoms with E-state index >= 15 is 0 Å². The highest BCUT2D eigenvalue weighted by atomic mass is 16.2. The Labute approximate surface area is 140 Å². The molecule has 1 atom stereocenters. The van der Waals surface area contributed by atoms with Crippen LogP contribution in [0.5, 0.6) is 0 Å². The van der Waals surface area contributed by atoms with Crippen LogP contribution in [-0.4, -0.2) is 15.5 Å². The summed E-state index contributed by atoms with van der Waals surface area (Å²) in [6, 6.07) is 11.5. The third-order valence-electron chi connectivity index (χ3n) is 4.05. The van der Waals surface area contributed by atoms with Gasteiger partial charge in [-0.05, 0) is 36.9 Å². The predicted octanol–water partition coefficient (Wildman–Crippen LogP) is 2.58. The third kappa shape index (κ3) is 3.35. The maximum Gasteiger partial charge on any atom is 0.260 e. The van der Waals surface area contributed by atoms with Crippen molar-refractivity contribution >= 4 is 16.7 Å². The van der Waals surface area contributed by atoms with Gasteiger partial charge >= 0.3 is 0 Å². The maximum atomic E-state index is 12.4. The zero-order valence-electron chi connectivity index (χ0n) is 13.7. The number of aromatic nitrogens is 2. The summed E-state index contributed by atoms with van der Waals surface area (Å²) >= 11 is 0. The molecule has 3 rings (SSSR count). The first-order chi connectivity index (χ1) is 11.5. The van der Waals surface area contributed by atoms with Crippen molar-refractivity contribution in [3.05, 3.63) is 76.5 Å². The van der Waals surface area contributed by atoms with Crippen molar-refractivity contribution in [2.75, 3.05) is 0 Å². The lowest BCUT2D eigenvalue weighted by atomic mass is 10.1. The average Bonchev–Trinajstić information content (AvgIpc) is 2.58. The molecule has 2 heterocycles. The van der Waals surface area contributed by atoms with Crippen molar-refractivity contribution in [2.45, 2.75) is 26.4 Å². The normalized spacial score (nSPS) is 12.1. The van der Waals surface area contributed by atoms with Gasteiger partial charge in [0.25, 0.3) is 5.56 Å². The van der Waals surface area contributed by atoms with Gasteiger partial charge in [-0.1, -0.05) is 29.8 Å². The summed E-state index contributed by atoms with van der Waals surface area (Å²) in [5.41, 5.74) is 2.00. The highest BCUT2D eigenvalue weighted by Gasteiger charge is 2.11. The minimum absolute atomic E-state index is 0.0140. The molecule has 0 aliphatic rings. The Morgan fingerprint density at radius 1 is 1.21 bits per heavy atom. The number of nitrogens with one attached hydrogen (secondary N) is 1. The van der Waals surface area contributed by atoms with Gasteiger partial charge in [0.05, 0.1) is 11.4 Å². The topological polar surface area (TPSA) is 64.0 Å². The molecule has 1 N–H and O–H groups in total. The molecule has 0 saturated heterocycles. The van der Waals surface area contributed by atoms with E-state index in [-0.39, 0.29) is 24.1 Å². The Morgan fingerprint density at radius 3 is 2.71 bits per heavy atom. The summed E-state index contributed by atoms with van der Waals surface area (Å²) in [5.74, 6) is -0.201. The molecule has 24 heavy (non-hydrogen) atoms. The second kappa shape index (κ2) is 6.66. The van der Waals surface area contributed by atoms with E-state index in [0.29, 0.717) is 5.39 Å². The predicted molar refractivity (Wildman–Crippen MR) is 93.7 cm³/mol. The van der Waals surface area contributed by atoms with Crippen molar-refractivity contribution < 1.29 is 4.79 Å². The van der Waals surface area contributed by atoms with E-state index < -0.39 is 0 Å². The van der Waals surface area contributed by atoms with Crippen molar-refractivity contribution in [1.29, 1.82) is 0 Å². The number of carbonyl (C=O) groups excluding carboxylic acids is 1. The highest BCUT2D eigenvalue weighted by Crippen LogP contribution is 2.13. The number of hydrogen-bond acceptors (Lipinski definition) is 3. The number of carbonyl (C=O) groups is 1. The highest BCUT2D eigenvalue weighted by molar-refractivity contribution is 5.81. The van der Waals surface area contributed by atoms with Gasteiger partial charge in [-0.25, -0.2) is 0 Å². The van der Waals surface area contributed by atoms with Crippen molar-refractivity contribution in [3.8, 4) is 0 Å². The molecule has 0 unspecified atom stereocenters. The first kappa shape index (κ1) is 15.9. The van der Waals surface area contributed by atoms with Crippen LogP contribution in [0.3, 0.4) is 0 Å². The van der Waals surface area contributed by atoms with Gasteiger partial charge in [0, 0.05) is 18.6 Å². The Bertz CT molecular complexity index is 929. The van der Waals surface area contributed by atoms with Crippen LogP contribution in [0.1, 0.15) is 24.1 Å². The maximum absolute atomic E-state index is 12.4. The van der Waals surface area contributed by atoms with Crippen LogP contribution in [0.15, 0.2) is 59.8 Å². The fourth-order valence-corrected chi connectivity index (χ4v) is 2.63. The van der Waals surface area contributed by atoms with Crippen LogP contribution >= 0.6 is 0 Å². The van der Waals surface area contributed by atoms with Crippen molar-refractivity contribution in [1.82, 2.24) is 14.9 Å². The second-order valence-corrected chi connectivity index (χ2v) is 5.91. The molecule has 3 aromatic rings. The summed E-state index contributed by atoms with van der Waals surface area (Å²) in [7, 11) is 0. The number of aryl methyl sites for hydroxylation is 1. The Balaban J connectivity index is 1.74. The summed E-state index contributed by atoms with van der Waals surface area (Å²) in [4.78, 5) is 28.6. The van der Waals surface area contributed by atoms with Crippen LogP contribution in [0, 0.1) is 6.92 Å². The van der Waals surface area contributed by atoms with Crippen LogP contribution in [-0.2, 0) is 11.3 Å². The molecule has 1 aromatic carbocycles. The lowest BCUT2D eigenvalue weighted by Gasteiger charge is -2.15. The summed E-state index contributed by atoms with van der Waals surface area (Å²) in [5, 5.41) is 4.26. The number of fused-ring (bicyclic) bond motifs is 1. The fourth-order valence-electron chi connectivity index (χ4n) is 2.63. The van der Waals surface area contributed by atoms with Gasteiger partial charge < -0.3 is 9.88 Å². The Kier molecular flexibility index (Phi) is 4.42. The molecule has 122 valence electrons. The summed E-state index contributed by atoms with van der Waals surface area (Å²) < 4.78 is 1.40. The number of benzene rings is 1. The molecule has 0 aliphatic heterocycles. The van der Waals surface area contributed by atoms with Crippen LogP contribution < -0.4 is 10.9 Å².